The molecule has 1 amide bonds. The first kappa shape index (κ1) is 19.6. The number of nitrogens with zero attached hydrogens (tertiary/aromatic N) is 2. The van der Waals surface area contributed by atoms with Crippen LogP contribution in [0.3, 0.4) is 0 Å². The number of sulfonamides is 1. The number of carbonyl (C=O) groups excluding carboxylic acids is 1. The number of hydrogen-bond donors (Lipinski definition) is 2. The number of hydrogen-bond acceptors (Lipinski definition) is 6. The zero-order chi connectivity index (χ0) is 20.4. The van der Waals surface area contributed by atoms with E-state index in [1.165, 1.54) is 12.3 Å². The van der Waals surface area contributed by atoms with E-state index in [1.54, 1.807) is 18.3 Å². The molecule has 1 aliphatic heterocycles. The molecule has 0 bridgehead atoms. The van der Waals surface area contributed by atoms with Crippen molar-refractivity contribution < 1.29 is 17.6 Å². The molecule has 0 radical (unpaired) electrons. The minimum atomic E-state index is -3.84. The van der Waals surface area contributed by atoms with Gasteiger partial charge in [0.2, 0.25) is 11.7 Å². The summed E-state index contributed by atoms with van der Waals surface area (Å²) in [5, 5.41) is 2.70. The number of oxazole rings is 1. The topological polar surface area (TPSA) is 114 Å². The first-order chi connectivity index (χ1) is 13.9. The molecule has 0 spiro atoms. The van der Waals surface area contributed by atoms with Crippen LogP contribution in [-0.4, -0.2) is 31.7 Å². The third kappa shape index (κ3) is 4.17. The van der Waals surface area contributed by atoms with Gasteiger partial charge in [0.1, 0.15) is 11.2 Å². The Morgan fingerprint density at radius 3 is 2.83 bits per heavy atom. The van der Waals surface area contributed by atoms with Crippen molar-refractivity contribution >= 4 is 50.0 Å². The predicted molar refractivity (Wildman–Crippen MR) is 115 cm³/mol. The van der Waals surface area contributed by atoms with E-state index >= 15 is 0 Å². The molecule has 2 aromatic carbocycles. The Labute approximate surface area is 180 Å². The molecule has 2 N–H and O–H groups in total. The van der Waals surface area contributed by atoms with Gasteiger partial charge in [-0.3, -0.25) is 9.52 Å². The fourth-order valence-corrected chi connectivity index (χ4v) is 4.79. The maximum absolute atomic E-state index is 12.5. The summed E-state index contributed by atoms with van der Waals surface area (Å²) in [7, 11) is -3.84. The van der Waals surface area contributed by atoms with Crippen molar-refractivity contribution in [3.05, 3.63) is 64.1 Å². The minimum absolute atomic E-state index is 0.0563. The monoisotopic (exact) mass is 522 g/mol. The largest absolute Gasteiger partial charge is 0.445 e. The fraction of sp³-hybridized carbons (Fsp3) is 0.105. The molecule has 2 heterocycles. The van der Waals surface area contributed by atoms with Crippen LogP contribution < -0.4 is 10.0 Å². The molecule has 0 unspecified atom stereocenters. The van der Waals surface area contributed by atoms with Crippen LogP contribution in [0.15, 0.2) is 69.2 Å². The van der Waals surface area contributed by atoms with E-state index in [1.807, 2.05) is 46.9 Å². The molecule has 0 saturated carbocycles. The maximum Gasteiger partial charge on any atom is 0.287 e. The summed E-state index contributed by atoms with van der Waals surface area (Å²) in [5.74, 6) is -0.339. The number of aromatic nitrogens is 1. The van der Waals surface area contributed by atoms with E-state index in [-0.39, 0.29) is 23.0 Å². The van der Waals surface area contributed by atoms with Crippen molar-refractivity contribution in [3.8, 4) is 11.5 Å². The van der Waals surface area contributed by atoms with Crippen molar-refractivity contribution in [3.63, 3.8) is 0 Å². The highest BCUT2D eigenvalue weighted by Crippen LogP contribution is 2.29. The molecule has 0 atom stereocenters. The second-order valence-electron chi connectivity index (χ2n) is 6.18. The van der Waals surface area contributed by atoms with Crippen LogP contribution in [0.4, 0.5) is 5.69 Å². The SMILES string of the molecule is O=C(NCCc1ccccc1-c1ncco1)C1=Nc2ccc(I)cc2S(=O)(=O)N1. The fourth-order valence-electron chi connectivity index (χ4n) is 2.92. The number of rotatable bonds is 5. The van der Waals surface area contributed by atoms with Crippen LogP contribution in [-0.2, 0) is 21.2 Å². The van der Waals surface area contributed by atoms with E-state index in [2.05, 4.69) is 20.0 Å². The molecule has 0 aliphatic carbocycles. The Bertz CT molecular complexity index is 1210. The molecule has 4 rings (SSSR count). The lowest BCUT2D eigenvalue weighted by Gasteiger charge is -2.17. The molecule has 3 aromatic rings. The summed E-state index contributed by atoms with van der Waals surface area (Å²) in [6, 6.07) is 12.4. The van der Waals surface area contributed by atoms with Gasteiger partial charge in [0.05, 0.1) is 11.9 Å². The molecular weight excluding hydrogens is 507 g/mol. The average molecular weight is 522 g/mol. The minimum Gasteiger partial charge on any atom is -0.445 e. The second-order valence-corrected chi connectivity index (χ2v) is 9.07. The molecule has 8 nitrogen and oxygen atoms in total. The highest BCUT2D eigenvalue weighted by atomic mass is 127. The Morgan fingerprint density at radius 1 is 1.21 bits per heavy atom. The van der Waals surface area contributed by atoms with Crippen molar-refractivity contribution in [1.82, 2.24) is 15.0 Å². The number of aliphatic imine (C=N–C) groups is 1. The van der Waals surface area contributed by atoms with Crippen molar-refractivity contribution in [2.45, 2.75) is 11.3 Å². The Morgan fingerprint density at radius 2 is 2.03 bits per heavy atom. The highest BCUT2D eigenvalue weighted by molar-refractivity contribution is 14.1. The number of amidine groups is 1. The quantitative estimate of drug-likeness (QED) is 0.501. The summed E-state index contributed by atoms with van der Waals surface area (Å²) < 4.78 is 33.2. The van der Waals surface area contributed by atoms with Crippen LogP contribution in [0.2, 0.25) is 0 Å². The number of carbonyl (C=O) groups is 1. The third-order valence-corrected chi connectivity index (χ3v) is 6.29. The number of amides is 1. The molecular formula is C19H15IN4O4S. The van der Waals surface area contributed by atoms with E-state index in [0.717, 1.165) is 14.7 Å². The van der Waals surface area contributed by atoms with Crippen LogP contribution in [0.25, 0.3) is 11.5 Å². The van der Waals surface area contributed by atoms with Gasteiger partial charge in [-0.1, -0.05) is 18.2 Å². The summed E-state index contributed by atoms with van der Waals surface area (Å²) >= 11 is 2.02. The Hall–Kier alpha value is -2.73. The average Bonchev–Trinajstić information content (AvgIpc) is 3.23. The molecule has 0 saturated heterocycles. The zero-order valence-corrected chi connectivity index (χ0v) is 17.9. The summed E-state index contributed by atoms with van der Waals surface area (Å²) in [5.41, 5.74) is 2.02. The summed E-state index contributed by atoms with van der Waals surface area (Å²) in [6.07, 6.45) is 3.58. The molecule has 0 fully saturated rings. The van der Waals surface area contributed by atoms with E-state index in [9.17, 15) is 13.2 Å². The maximum atomic E-state index is 12.5. The van der Waals surface area contributed by atoms with Crippen molar-refractivity contribution in [1.29, 1.82) is 0 Å². The molecule has 29 heavy (non-hydrogen) atoms. The first-order valence-corrected chi connectivity index (χ1v) is 11.2. The summed E-state index contributed by atoms with van der Waals surface area (Å²) in [6.45, 7) is 0.289. The predicted octanol–water partition coefficient (Wildman–Crippen LogP) is 2.63. The van der Waals surface area contributed by atoms with Gasteiger partial charge >= 0.3 is 0 Å². The van der Waals surface area contributed by atoms with E-state index in [0.29, 0.717) is 12.3 Å². The van der Waals surface area contributed by atoms with Crippen molar-refractivity contribution in [2.24, 2.45) is 4.99 Å². The Kier molecular flexibility index (Phi) is 5.37. The normalized spacial score (nSPS) is 14.4. The Balaban J connectivity index is 1.47. The van der Waals surface area contributed by atoms with Gasteiger partial charge in [-0.25, -0.2) is 18.4 Å². The summed E-state index contributed by atoms with van der Waals surface area (Å²) in [4.78, 5) is 20.8. The van der Waals surface area contributed by atoms with E-state index < -0.39 is 15.9 Å². The number of fused-ring (bicyclic) bond motifs is 1. The van der Waals surface area contributed by atoms with Crippen LogP contribution in [0.1, 0.15) is 5.56 Å². The number of benzene rings is 2. The van der Waals surface area contributed by atoms with Gasteiger partial charge in [0.25, 0.3) is 15.9 Å². The van der Waals surface area contributed by atoms with Crippen LogP contribution in [0.5, 0.6) is 0 Å². The third-order valence-electron chi connectivity index (χ3n) is 4.25. The molecule has 10 heteroatoms. The highest BCUT2D eigenvalue weighted by Gasteiger charge is 2.28. The second kappa shape index (κ2) is 7.95. The van der Waals surface area contributed by atoms with Gasteiger partial charge in [-0.2, -0.15) is 0 Å². The molecule has 1 aliphatic rings. The zero-order valence-electron chi connectivity index (χ0n) is 14.9. The van der Waals surface area contributed by atoms with Crippen LogP contribution >= 0.6 is 22.6 Å². The van der Waals surface area contributed by atoms with Gasteiger partial charge in [0, 0.05) is 15.7 Å². The van der Waals surface area contributed by atoms with E-state index in [4.69, 9.17) is 4.42 Å². The van der Waals surface area contributed by atoms with Gasteiger partial charge in [-0.15, -0.1) is 0 Å². The van der Waals surface area contributed by atoms with Gasteiger partial charge in [0.15, 0.2) is 0 Å². The first-order valence-electron chi connectivity index (χ1n) is 8.61. The van der Waals surface area contributed by atoms with Crippen molar-refractivity contribution in [2.75, 3.05) is 6.54 Å². The number of halogens is 1. The molecule has 1 aromatic heterocycles. The van der Waals surface area contributed by atoms with Gasteiger partial charge in [-0.05, 0) is 58.8 Å². The molecule has 148 valence electrons. The lowest BCUT2D eigenvalue weighted by Crippen LogP contribution is -2.44. The van der Waals surface area contributed by atoms with Gasteiger partial charge < -0.3 is 9.73 Å². The number of nitrogens with one attached hydrogen (secondary N) is 2. The lowest BCUT2D eigenvalue weighted by molar-refractivity contribution is -0.114. The van der Waals surface area contributed by atoms with Crippen LogP contribution in [0, 0.1) is 3.57 Å². The lowest BCUT2D eigenvalue weighted by atomic mass is 10.0. The smallest absolute Gasteiger partial charge is 0.287 e. The standard InChI is InChI=1S/C19H15IN4O4S/c20-13-5-6-15-16(11-13)29(26,27)24-17(23-15)18(25)21-8-7-12-3-1-2-4-14(12)19-22-9-10-28-19/h1-6,9-11H,7-8H2,(H,21,25)(H,23,24).